The summed E-state index contributed by atoms with van der Waals surface area (Å²) in [5, 5.41) is 3.55. The molecule has 1 fully saturated rings. The fraction of sp³-hybridized carbons (Fsp3) is 1.00. The van der Waals surface area contributed by atoms with E-state index in [1.54, 1.807) is 0 Å². The van der Waals surface area contributed by atoms with E-state index < -0.39 is 0 Å². The molecular formula is C15H31N. The lowest BCUT2D eigenvalue weighted by Gasteiger charge is -2.36. The van der Waals surface area contributed by atoms with Gasteiger partial charge in [-0.3, -0.25) is 0 Å². The zero-order valence-electron chi connectivity index (χ0n) is 11.8. The van der Waals surface area contributed by atoms with E-state index in [0.29, 0.717) is 6.04 Å². The van der Waals surface area contributed by atoms with Gasteiger partial charge in [0, 0.05) is 6.04 Å². The van der Waals surface area contributed by atoms with Crippen molar-refractivity contribution in [2.24, 2.45) is 17.8 Å². The van der Waals surface area contributed by atoms with Gasteiger partial charge in [-0.2, -0.15) is 0 Å². The zero-order chi connectivity index (χ0) is 12.0. The highest BCUT2D eigenvalue weighted by atomic mass is 14.9. The Balaban J connectivity index is 2.40. The van der Waals surface area contributed by atoms with Crippen molar-refractivity contribution in [3.63, 3.8) is 0 Å². The molecule has 0 amide bonds. The summed E-state index contributed by atoms with van der Waals surface area (Å²) in [5.41, 5.74) is 0. The standard InChI is InChI=1S/C15H31N/c1-5-14-9-7-8-10-15(14)12(3)11-13(4)16-6-2/h12-16H,5-11H2,1-4H3. The van der Waals surface area contributed by atoms with Gasteiger partial charge in [-0.05, 0) is 44.1 Å². The van der Waals surface area contributed by atoms with Crippen LogP contribution < -0.4 is 5.32 Å². The second kappa shape index (κ2) is 7.32. The molecule has 0 aromatic carbocycles. The highest BCUT2D eigenvalue weighted by Gasteiger charge is 2.28. The first-order valence-corrected chi connectivity index (χ1v) is 7.42. The van der Waals surface area contributed by atoms with E-state index in [2.05, 4.69) is 33.0 Å². The van der Waals surface area contributed by atoms with Crippen molar-refractivity contribution >= 4 is 0 Å². The van der Waals surface area contributed by atoms with Crippen molar-refractivity contribution in [3.05, 3.63) is 0 Å². The first kappa shape index (κ1) is 14.0. The quantitative estimate of drug-likeness (QED) is 0.713. The Hall–Kier alpha value is -0.0400. The van der Waals surface area contributed by atoms with E-state index in [-0.39, 0.29) is 0 Å². The zero-order valence-corrected chi connectivity index (χ0v) is 11.8. The molecule has 0 aromatic heterocycles. The van der Waals surface area contributed by atoms with E-state index in [1.165, 1.54) is 38.5 Å². The summed E-state index contributed by atoms with van der Waals surface area (Å²) >= 11 is 0. The molecule has 1 heteroatoms. The van der Waals surface area contributed by atoms with Crippen LogP contribution in [0.5, 0.6) is 0 Å². The number of hydrogen-bond donors (Lipinski definition) is 1. The van der Waals surface area contributed by atoms with Gasteiger partial charge in [0.1, 0.15) is 0 Å². The molecule has 0 spiro atoms. The highest BCUT2D eigenvalue weighted by molar-refractivity contribution is 4.80. The lowest BCUT2D eigenvalue weighted by Crippen LogP contribution is -2.32. The van der Waals surface area contributed by atoms with Crippen LogP contribution in [0.2, 0.25) is 0 Å². The lowest BCUT2D eigenvalue weighted by molar-refractivity contribution is 0.152. The first-order chi connectivity index (χ1) is 7.69. The largest absolute Gasteiger partial charge is 0.315 e. The molecule has 0 radical (unpaired) electrons. The average Bonchev–Trinajstić information content (AvgIpc) is 2.29. The van der Waals surface area contributed by atoms with Gasteiger partial charge >= 0.3 is 0 Å². The molecule has 1 rings (SSSR count). The second-order valence-electron chi connectivity index (χ2n) is 5.79. The SMILES string of the molecule is CCNC(C)CC(C)C1CCCCC1CC. The van der Waals surface area contributed by atoms with Crippen molar-refractivity contribution in [2.75, 3.05) is 6.54 Å². The summed E-state index contributed by atoms with van der Waals surface area (Å²) < 4.78 is 0. The Bertz CT molecular complexity index is 178. The van der Waals surface area contributed by atoms with Crippen LogP contribution in [0.3, 0.4) is 0 Å². The van der Waals surface area contributed by atoms with Crippen LogP contribution in [0.15, 0.2) is 0 Å². The van der Waals surface area contributed by atoms with Crippen molar-refractivity contribution < 1.29 is 0 Å². The molecule has 0 heterocycles. The molecule has 0 aliphatic heterocycles. The van der Waals surface area contributed by atoms with Gasteiger partial charge in [-0.15, -0.1) is 0 Å². The van der Waals surface area contributed by atoms with Gasteiger partial charge in [0.25, 0.3) is 0 Å². The van der Waals surface area contributed by atoms with Gasteiger partial charge < -0.3 is 5.32 Å². The average molecular weight is 225 g/mol. The summed E-state index contributed by atoms with van der Waals surface area (Å²) in [6.07, 6.45) is 8.67. The van der Waals surface area contributed by atoms with Gasteiger partial charge in [0.05, 0.1) is 0 Å². The van der Waals surface area contributed by atoms with E-state index in [1.807, 2.05) is 0 Å². The predicted octanol–water partition coefficient (Wildman–Crippen LogP) is 4.23. The predicted molar refractivity (Wildman–Crippen MR) is 72.7 cm³/mol. The highest BCUT2D eigenvalue weighted by Crippen LogP contribution is 2.38. The topological polar surface area (TPSA) is 12.0 Å². The fourth-order valence-electron chi connectivity index (χ4n) is 3.66. The van der Waals surface area contributed by atoms with E-state index in [9.17, 15) is 0 Å². The number of nitrogens with one attached hydrogen (secondary N) is 1. The Morgan fingerprint density at radius 3 is 2.44 bits per heavy atom. The molecule has 1 N–H and O–H groups in total. The molecule has 16 heavy (non-hydrogen) atoms. The molecule has 1 saturated carbocycles. The maximum Gasteiger partial charge on any atom is 0.00412 e. The molecule has 1 aliphatic carbocycles. The van der Waals surface area contributed by atoms with Gasteiger partial charge in [-0.25, -0.2) is 0 Å². The van der Waals surface area contributed by atoms with Crippen molar-refractivity contribution in [1.29, 1.82) is 0 Å². The third-order valence-electron chi connectivity index (χ3n) is 4.50. The Labute approximate surface area is 102 Å². The van der Waals surface area contributed by atoms with Crippen LogP contribution in [0.4, 0.5) is 0 Å². The van der Waals surface area contributed by atoms with Crippen molar-refractivity contribution in [1.82, 2.24) is 5.32 Å². The summed E-state index contributed by atoms with van der Waals surface area (Å²) in [4.78, 5) is 0. The number of rotatable bonds is 6. The van der Waals surface area contributed by atoms with Crippen LogP contribution in [-0.4, -0.2) is 12.6 Å². The van der Waals surface area contributed by atoms with Crippen LogP contribution in [0, 0.1) is 17.8 Å². The lowest BCUT2D eigenvalue weighted by atomic mass is 9.70. The molecule has 1 nitrogen and oxygen atoms in total. The molecule has 4 unspecified atom stereocenters. The normalized spacial score (nSPS) is 30.0. The van der Waals surface area contributed by atoms with E-state index in [0.717, 1.165) is 24.3 Å². The monoisotopic (exact) mass is 225 g/mol. The summed E-state index contributed by atoms with van der Waals surface area (Å²) in [6, 6.07) is 0.694. The van der Waals surface area contributed by atoms with Gasteiger partial charge in [-0.1, -0.05) is 46.5 Å². The molecule has 96 valence electrons. The first-order valence-electron chi connectivity index (χ1n) is 7.42. The maximum atomic E-state index is 3.55. The molecular weight excluding hydrogens is 194 g/mol. The Kier molecular flexibility index (Phi) is 6.41. The van der Waals surface area contributed by atoms with Crippen LogP contribution >= 0.6 is 0 Å². The third-order valence-corrected chi connectivity index (χ3v) is 4.50. The van der Waals surface area contributed by atoms with E-state index >= 15 is 0 Å². The van der Waals surface area contributed by atoms with Crippen molar-refractivity contribution in [2.45, 2.75) is 72.3 Å². The smallest absolute Gasteiger partial charge is 0.00412 e. The molecule has 0 saturated heterocycles. The van der Waals surface area contributed by atoms with Crippen LogP contribution in [-0.2, 0) is 0 Å². The van der Waals surface area contributed by atoms with Crippen LogP contribution in [0.25, 0.3) is 0 Å². The van der Waals surface area contributed by atoms with E-state index in [4.69, 9.17) is 0 Å². The van der Waals surface area contributed by atoms with Gasteiger partial charge in [0.2, 0.25) is 0 Å². The minimum Gasteiger partial charge on any atom is -0.315 e. The third kappa shape index (κ3) is 4.08. The number of hydrogen-bond acceptors (Lipinski definition) is 1. The van der Waals surface area contributed by atoms with Gasteiger partial charge in [0.15, 0.2) is 0 Å². The Morgan fingerprint density at radius 1 is 1.12 bits per heavy atom. The summed E-state index contributed by atoms with van der Waals surface area (Å²) in [5.74, 6) is 2.91. The summed E-state index contributed by atoms with van der Waals surface area (Å²) in [7, 11) is 0. The molecule has 0 bridgehead atoms. The maximum absolute atomic E-state index is 3.55. The summed E-state index contributed by atoms with van der Waals surface area (Å²) in [6.45, 7) is 10.5. The second-order valence-corrected chi connectivity index (χ2v) is 5.79. The Morgan fingerprint density at radius 2 is 1.81 bits per heavy atom. The van der Waals surface area contributed by atoms with Crippen LogP contribution in [0.1, 0.15) is 66.2 Å². The van der Waals surface area contributed by atoms with Crippen molar-refractivity contribution in [3.8, 4) is 0 Å². The fourth-order valence-corrected chi connectivity index (χ4v) is 3.66. The molecule has 1 aliphatic rings. The minimum atomic E-state index is 0.694. The minimum absolute atomic E-state index is 0.694. The molecule has 0 aromatic rings. The molecule has 4 atom stereocenters.